The summed E-state index contributed by atoms with van der Waals surface area (Å²) in [4.78, 5) is 0. The Kier molecular flexibility index (Phi) is 5.74. The van der Waals surface area contributed by atoms with Crippen molar-refractivity contribution in [2.24, 2.45) is 10.2 Å². The third-order valence-corrected chi connectivity index (χ3v) is 4.67. The van der Waals surface area contributed by atoms with Gasteiger partial charge in [0, 0.05) is 5.56 Å². The molecule has 1 N–H and O–H groups in total. The summed E-state index contributed by atoms with van der Waals surface area (Å²) in [7, 11) is 0. The first kappa shape index (κ1) is 19.6. The minimum atomic E-state index is -0.189. The van der Waals surface area contributed by atoms with Crippen molar-refractivity contribution in [3.8, 4) is 5.75 Å². The van der Waals surface area contributed by atoms with Crippen LogP contribution in [-0.4, -0.2) is 5.11 Å². The van der Waals surface area contributed by atoms with E-state index < -0.39 is 0 Å². The highest BCUT2D eigenvalue weighted by atomic mass is 16.3. The Labute approximate surface area is 167 Å². The maximum atomic E-state index is 11.0. The van der Waals surface area contributed by atoms with Crippen LogP contribution in [0.2, 0.25) is 0 Å². The topological polar surface area (TPSA) is 45.0 Å². The average Bonchev–Trinajstić information content (AvgIpc) is 2.68. The summed E-state index contributed by atoms with van der Waals surface area (Å²) in [5, 5.41) is 19.8. The van der Waals surface area contributed by atoms with Gasteiger partial charge in [-0.3, -0.25) is 0 Å². The summed E-state index contributed by atoms with van der Waals surface area (Å²) in [5.41, 5.74) is 5.12. The van der Waals surface area contributed by atoms with Crippen LogP contribution < -0.4 is 0 Å². The molecule has 0 atom stereocenters. The van der Waals surface area contributed by atoms with E-state index in [0.717, 1.165) is 27.9 Å². The Morgan fingerprint density at radius 1 is 0.893 bits per heavy atom. The summed E-state index contributed by atoms with van der Waals surface area (Å²) >= 11 is 0. The van der Waals surface area contributed by atoms with Crippen LogP contribution in [0.3, 0.4) is 0 Å². The van der Waals surface area contributed by atoms with Crippen molar-refractivity contribution in [1.29, 1.82) is 0 Å². The van der Waals surface area contributed by atoms with Crippen LogP contribution in [0, 0.1) is 0 Å². The van der Waals surface area contributed by atoms with E-state index in [2.05, 4.69) is 49.7 Å². The van der Waals surface area contributed by atoms with Crippen LogP contribution >= 0.6 is 0 Å². The number of phenols is 1. The Balaban J connectivity index is 2.03. The van der Waals surface area contributed by atoms with E-state index >= 15 is 0 Å². The Morgan fingerprint density at radius 3 is 2.18 bits per heavy atom. The molecular formula is C25H26N2O. The maximum Gasteiger partial charge on any atom is 0.147 e. The molecule has 3 nitrogen and oxygen atoms in total. The molecule has 3 aromatic carbocycles. The van der Waals surface area contributed by atoms with Gasteiger partial charge in [0.25, 0.3) is 0 Å². The Bertz CT molecular complexity index is 982. The van der Waals surface area contributed by atoms with Crippen molar-refractivity contribution in [1.82, 2.24) is 0 Å². The highest BCUT2D eigenvalue weighted by Crippen LogP contribution is 2.41. The first-order chi connectivity index (χ1) is 13.4. The van der Waals surface area contributed by atoms with Crippen molar-refractivity contribution >= 4 is 17.5 Å². The van der Waals surface area contributed by atoms with E-state index in [9.17, 15) is 5.11 Å². The zero-order chi connectivity index (χ0) is 20.1. The van der Waals surface area contributed by atoms with Gasteiger partial charge < -0.3 is 5.11 Å². The molecule has 3 aromatic rings. The van der Waals surface area contributed by atoms with Crippen LogP contribution in [0.25, 0.3) is 6.08 Å². The molecule has 3 heteroatoms. The average molecular weight is 370 g/mol. The first-order valence-corrected chi connectivity index (χ1v) is 9.42. The molecule has 0 fully saturated rings. The molecule has 3 rings (SSSR count). The van der Waals surface area contributed by atoms with Gasteiger partial charge in [-0.25, -0.2) is 0 Å². The molecule has 0 aromatic heterocycles. The smallest absolute Gasteiger partial charge is 0.147 e. The lowest BCUT2D eigenvalue weighted by Gasteiger charge is -2.22. The molecular weight excluding hydrogens is 344 g/mol. The van der Waals surface area contributed by atoms with E-state index in [1.54, 1.807) is 0 Å². The zero-order valence-corrected chi connectivity index (χ0v) is 16.7. The molecule has 0 amide bonds. The lowest BCUT2D eigenvalue weighted by molar-refractivity contribution is 0.447. The van der Waals surface area contributed by atoms with Crippen LogP contribution in [0.4, 0.5) is 11.4 Å². The molecule has 0 heterocycles. The minimum absolute atomic E-state index is 0.189. The van der Waals surface area contributed by atoms with Gasteiger partial charge in [0.15, 0.2) is 0 Å². The lowest BCUT2D eigenvalue weighted by atomic mass is 9.84. The van der Waals surface area contributed by atoms with Gasteiger partial charge in [-0.2, -0.15) is 5.11 Å². The Morgan fingerprint density at radius 2 is 1.57 bits per heavy atom. The van der Waals surface area contributed by atoms with Crippen molar-refractivity contribution in [3.05, 3.63) is 95.6 Å². The summed E-state index contributed by atoms with van der Waals surface area (Å²) in [6.45, 7) is 10.0. The third kappa shape index (κ3) is 4.55. The summed E-state index contributed by atoms with van der Waals surface area (Å²) in [6.07, 6.45) is 2.49. The largest absolute Gasteiger partial charge is 0.505 e. The second kappa shape index (κ2) is 8.22. The van der Waals surface area contributed by atoms with Crippen LogP contribution in [0.5, 0.6) is 5.75 Å². The molecule has 0 saturated carbocycles. The molecule has 0 radical (unpaired) electrons. The van der Waals surface area contributed by atoms with E-state index in [4.69, 9.17) is 0 Å². The highest BCUT2D eigenvalue weighted by Gasteiger charge is 2.22. The predicted octanol–water partition coefficient (Wildman–Crippen LogP) is 7.34. The van der Waals surface area contributed by atoms with E-state index in [-0.39, 0.29) is 11.2 Å². The number of nitrogens with zero attached hydrogens (tertiary/aromatic N) is 2. The molecule has 0 spiro atoms. The van der Waals surface area contributed by atoms with E-state index in [1.807, 2.05) is 60.7 Å². The standard InChI is InChI=1S/C25H26N2O/c1-5-18-11-13-19(14-12-18)17-20-15-16-22(25(2,3)4)24(28)23(20)27-26-21-9-7-6-8-10-21/h5-16,28H,1,17H2,2-4H3. The van der Waals surface area contributed by atoms with E-state index in [1.165, 1.54) is 0 Å². The third-order valence-electron chi connectivity index (χ3n) is 4.67. The molecule has 0 aliphatic heterocycles. The number of phenolic OH excluding ortho intramolecular Hbond substituents is 1. The van der Waals surface area contributed by atoms with Gasteiger partial charge >= 0.3 is 0 Å². The fourth-order valence-corrected chi connectivity index (χ4v) is 3.07. The SMILES string of the molecule is C=Cc1ccc(Cc2ccc(C(C)(C)C)c(O)c2N=Nc2ccccc2)cc1. The summed E-state index contributed by atoms with van der Waals surface area (Å²) < 4.78 is 0. The van der Waals surface area contributed by atoms with Crippen molar-refractivity contribution in [2.75, 3.05) is 0 Å². The van der Waals surface area contributed by atoms with Crippen LogP contribution in [0.1, 0.15) is 43.0 Å². The maximum absolute atomic E-state index is 11.0. The number of azo groups is 1. The minimum Gasteiger partial charge on any atom is -0.505 e. The molecule has 0 saturated heterocycles. The molecule has 0 aliphatic carbocycles. The quantitative estimate of drug-likeness (QED) is 0.469. The van der Waals surface area contributed by atoms with Crippen LogP contribution in [-0.2, 0) is 11.8 Å². The highest BCUT2D eigenvalue weighted by molar-refractivity contribution is 5.63. The van der Waals surface area contributed by atoms with Gasteiger partial charge in [-0.05, 0) is 40.7 Å². The molecule has 142 valence electrons. The molecule has 0 unspecified atom stereocenters. The van der Waals surface area contributed by atoms with Crippen molar-refractivity contribution in [2.45, 2.75) is 32.6 Å². The number of rotatable bonds is 5. The molecule has 0 bridgehead atoms. The normalized spacial score (nSPS) is 11.7. The second-order valence-corrected chi connectivity index (χ2v) is 7.88. The van der Waals surface area contributed by atoms with Gasteiger partial charge in [0.2, 0.25) is 0 Å². The zero-order valence-electron chi connectivity index (χ0n) is 16.7. The molecule has 28 heavy (non-hydrogen) atoms. The molecule has 0 aliphatic rings. The predicted molar refractivity (Wildman–Crippen MR) is 117 cm³/mol. The van der Waals surface area contributed by atoms with Gasteiger partial charge in [0.1, 0.15) is 11.4 Å². The Hall–Kier alpha value is -3.20. The van der Waals surface area contributed by atoms with Crippen LogP contribution in [0.15, 0.2) is 83.5 Å². The van der Waals surface area contributed by atoms with Gasteiger partial charge in [-0.1, -0.05) is 88.0 Å². The number of hydrogen-bond acceptors (Lipinski definition) is 3. The number of aromatic hydroxyl groups is 1. The lowest BCUT2D eigenvalue weighted by Crippen LogP contribution is -2.11. The van der Waals surface area contributed by atoms with Gasteiger partial charge in [-0.15, -0.1) is 5.11 Å². The van der Waals surface area contributed by atoms with Crippen molar-refractivity contribution < 1.29 is 5.11 Å². The second-order valence-electron chi connectivity index (χ2n) is 7.88. The number of hydrogen-bond donors (Lipinski definition) is 1. The summed E-state index contributed by atoms with van der Waals surface area (Å²) in [5.74, 6) is 0.201. The van der Waals surface area contributed by atoms with E-state index in [0.29, 0.717) is 12.1 Å². The fraction of sp³-hybridized carbons (Fsp3) is 0.200. The fourth-order valence-electron chi connectivity index (χ4n) is 3.07. The first-order valence-electron chi connectivity index (χ1n) is 9.42. The number of benzene rings is 3. The summed E-state index contributed by atoms with van der Waals surface area (Å²) in [6, 6.07) is 21.8. The van der Waals surface area contributed by atoms with Crippen molar-refractivity contribution in [3.63, 3.8) is 0 Å². The monoisotopic (exact) mass is 370 g/mol. The van der Waals surface area contributed by atoms with Gasteiger partial charge in [0.05, 0.1) is 5.69 Å².